The van der Waals surface area contributed by atoms with Gasteiger partial charge in [-0.2, -0.15) is 0 Å². The Kier molecular flexibility index (Phi) is 4.31. The van der Waals surface area contributed by atoms with E-state index in [9.17, 15) is 9.18 Å². The molecule has 0 N–H and O–H groups in total. The smallest absolute Gasteiger partial charge is 0.178 e. The third-order valence-electron chi connectivity index (χ3n) is 3.24. The lowest BCUT2D eigenvalue weighted by Crippen LogP contribution is -2.33. The number of thioether (sulfide) groups is 1. The number of benzene rings is 2. The summed E-state index contributed by atoms with van der Waals surface area (Å²) in [7, 11) is 0. The highest BCUT2D eigenvalue weighted by molar-refractivity contribution is 9.10. The average molecular weight is 367 g/mol. The zero-order valence-electron chi connectivity index (χ0n) is 11.0. The molecule has 2 nitrogen and oxygen atoms in total. The maximum absolute atomic E-state index is 13.3. The number of para-hydroxylation sites is 1. The summed E-state index contributed by atoms with van der Waals surface area (Å²) >= 11 is 4.96. The Morgan fingerprint density at radius 2 is 2.14 bits per heavy atom. The van der Waals surface area contributed by atoms with Crippen LogP contribution in [0.2, 0.25) is 0 Å². The summed E-state index contributed by atoms with van der Waals surface area (Å²) in [5.41, 5.74) is 0.646. The third-order valence-corrected chi connectivity index (χ3v) is 5.13. The molecular formula is C16H12BrFO2S. The second kappa shape index (κ2) is 6.20. The molecule has 2 aromatic carbocycles. The molecule has 0 fully saturated rings. The lowest BCUT2D eigenvalue weighted by Gasteiger charge is -2.24. The first-order valence-electron chi connectivity index (χ1n) is 6.48. The molecular weight excluding hydrogens is 355 g/mol. The molecule has 2 aromatic rings. The van der Waals surface area contributed by atoms with Crippen LogP contribution < -0.4 is 4.74 Å². The van der Waals surface area contributed by atoms with Crippen molar-refractivity contribution < 1.29 is 13.9 Å². The van der Waals surface area contributed by atoms with Crippen LogP contribution in [0.3, 0.4) is 0 Å². The normalized spacial score (nSPS) is 17.0. The Labute approximate surface area is 134 Å². The number of fused-ring (bicyclic) bond motifs is 1. The molecule has 5 heteroatoms. The number of hydrogen-bond acceptors (Lipinski definition) is 3. The molecule has 1 aliphatic rings. The molecule has 1 unspecified atom stereocenters. The molecule has 0 radical (unpaired) electrons. The van der Waals surface area contributed by atoms with Crippen LogP contribution >= 0.6 is 27.7 Å². The van der Waals surface area contributed by atoms with Crippen LogP contribution in [0.5, 0.6) is 5.75 Å². The van der Waals surface area contributed by atoms with Gasteiger partial charge >= 0.3 is 0 Å². The summed E-state index contributed by atoms with van der Waals surface area (Å²) in [6, 6.07) is 12.0. The monoisotopic (exact) mass is 366 g/mol. The molecule has 21 heavy (non-hydrogen) atoms. The van der Waals surface area contributed by atoms with Gasteiger partial charge in [-0.15, -0.1) is 11.8 Å². The van der Waals surface area contributed by atoms with Crippen molar-refractivity contribution in [2.45, 2.75) is 17.4 Å². The van der Waals surface area contributed by atoms with Crippen molar-refractivity contribution in [2.24, 2.45) is 0 Å². The first-order chi connectivity index (χ1) is 10.1. The third kappa shape index (κ3) is 3.30. The lowest BCUT2D eigenvalue weighted by atomic mass is 10.1. The van der Waals surface area contributed by atoms with Crippen LogP contribution in [0.4, 0.5) is 4.39 Å². The number of rotatable bonds is 3. The minimum atomic E-state index is -0.486. The Hall–Kier alpha value is -1.33. The lowest BCUT2D eigenvalue weighted by molar-refractivity contribution is -0.124. The SMILES string of the molecule is O=C(Cc1cc(F)ccc1Br)C1CSc2ccccc2O1. The van der Waals surface area contributed by atoms with Crippen LogP contribution in [0.15, 0.2) is 51.8 Å². The van der Waals surface area contributed by atoms with E-state index in [-0.39, 0.29) is 18.0 Å². The molecule has 0 saturated heterocycles. The van der Waals surface area contributed by atoms with Gasteiger partial charge < -0.3 is 4.74 Å². The molecule has 0 amide bonds. The largest absolute Gasteiger partial charge is 0.481 e. The Morgan fingerprint density at radius 3 is 3.00 bits per heavy atom. The second-order valence-electron chi connectivity index (χ2n) is 4.74. The van der Waals surface area contributed by atoms with Gasteiger partial charge in [0.2, 0.25) is 0 Å². The van der Waals surface area contributed by atoms with Crippen molar-refractivity contribution in [1.82, 2.24) is 0 Å². The van der Waals surface area contributed by atoms with E-state index >= 15 is 0 Å². The Bertz CT molecular complexity index is 690. The Balaban J connectivity index is 1.74. The van der Waals surface area contributed by atoms with E-state index in [1.54, 1.807) is 17.8 Å². The quantitative estimate of drug-likeness (QED) is 0.811. The predicted octanol–water partition coefficient (Wildman–Crippen LogP) is 4.25. The maximum atomic E-state index is 13.3. The van der Waals surface area contributed by atoms with Crippen LogP contribution in [-0.2, 0) is 11.2 Å². The topological polar surface area (TPSA) is 26.3 Å². The number of halogens is 2. The highest BCUT2D eigenvalue weighted by atomic mass is 79.9. The van der Waals surface area contributed by atoms with Gasteiger partial charge in [0.1, 0.15) is 11.6 Å². The summed E-state index contributed by atoms with van der Waals surface area (Å²) < 4.78 is 19.8. The fraction of sp³-hybridized carbons (Fsp3) is 0.188. The van der Waals surface area contributed by atoms with Crippen molar-refractivity contribution in [1.29, 1.82) is 0 Å². The predicted molar refractivity (Wildman–Crippen MR) is 84.4 cm³/mol. The van der Waals surface area contributed by atoms with Gasteiger partial charge in [0.25, 0.3) is 0 Å². The number of Topliss-reactive ketones (excluding diaryl/α,β-unsaturated/α-hetero) is 1. The zero-order chi connectivity index (χ0) is 14.8. The van der Waals surface area contributed by atoms with Crippen molar-refractivity contribution in [3.05, 3.63) is 58.3 Å². The molecule has 1 heterocycles. The van der Waals surface area contributed by atoms with Crippen LogP contribution in [0.25, 0.3) is 0 Å². The maximum Gasteiger partial charge on any atom is 0.178 e. The van der Waals surface area contributed by atoms with Crippen molar-refractivity contribution in [2.75, 3.05) is 5.75 Å². The van der Waals surface area contributed by atoms with E-state index in [4.69, 9.17) is 4.74 Å². The zero-order valence-corrected chi connectivity index (χ0v) is 13.4. The van der Waals surface area contributed by atoms with E-state index < -0.39 is 6.10 Å². The van der Waals surface area contributed by atoms with Gasteiger partial charge in [-0.3, -0.25) is 4.79 Å². The van der Waals surface area contributed by atoms with Crippen LogP contribution in [0.1, 0.15) is 5.56 Å². The highest BCUT2D eigenvalue weighted by Crippen LogP contribution is 2.35. The first kappa shape index (κ1) is 14.6. The molecule has 0 aliphatic carbocycles. The fourth-order valence-corrected chi connectivity index (χ4v) is 3.56. The van der Waals surface area contributed by atoms with E-state index in [2.05, 4.69) is 15.9 Å². The molecule has 1 atom stereocenters. The van der Waals surface area contributed by atoms with Gasteiger partial charge in [-0.1, -0.05) is 28.1 Å². The Morgan fingerprint density at radius 1 is 1.33 bits per heavy atom. The molecule has 1 aliphatic heterocycles. The molecule has 0 aromatic heterocycles. The number of hydrogen-bond donors (Lipinski definition) is 0. The minimum Gasteiger partial charge on any atom is -0.481 e. The summed E-state index contributed by atoms with van der Waals surface area (Å²) in [4.78, 5) is 13.4. The van der Waals surface area contributed by atoms with Crippen LogP contribution in [0, 0.1) is 5.82 Å². The van der Waals surface area contributed by atoms with Crippen molar-refractivity contribution >= 4 is 33.5 Å². The number of carbonyl (C=O) groups is 1. The fourth-order valence-electron chi connectivity index (χ4n) is 2.16. The van der Waals surface area contributed by atoms with E-state index in [1.807, 2.05) is 24.3 Å². The van der Waals surface area contributed by atoms with E-state index in [1.165, 1.54) is 12.1 Å². The highest BCUT2D eigenvalue weighted by Gasteiger charge is 2.26. The summed E-state index contributed by atoms with van der Waals surface area (Å²) in [6.07, 6.45) is -0.328. The van der Waals surface area contributed by atoms with E-state index in [0.717, 1.165) is 15.1 Å². The van der Waals surface area contributed by atoms with Gasteiger partial charge in [0, 0.05) is 21.5 Å². The summed E-state index contributed by atoms with van der Waals surface area (Å²) in [5.74, 6) is 0.946. The van der Waals surface area contributed by atoms with Gasteiger partial charge in [-0.05, 0) is 35.9 Å². The van der Waals surface area contributed by atoms with Gasteiger partial charge in [-0.25, -0.2) is 4.39 Å². The summed E-state index contributed by atoms with van der Waals surface area (Å²) in [5, 5.41) is 0. The number of carbonyl (C=O) groups excluding carboxylic acids is 1. The first-order valence-corrected chi connectivity index (χ1v) is 8.26. The second-order valence-corrected chi connectivity index (χ2v) is 6.66. The minimum absolute atomic E-state index is 0.0386. The number of ketones is 1. The van der Waals surface area contributed by atoms with Crippen LogP contribution in [-0.4, -0.2) is 17.6 Å². The molecule has 108 valence electrons. The standard InChI is InChI=1S/C16H12BrFO2S/c17-12-6-5-11(18)7-10(12)8-13(19)15-9-21-16-4-2-1-3-14(16)20-15/h1-7,15H,8-9H2. The molecule has 0 saturated carbocycles. The number of ether oxygens (including phenoxy) is 1. The molecule has 0 spiro atoms. The molecule has 0 bridgehead atoms. The van der Waals surface area contributed by atoms with Crippen molar-refractivity contribution in [3.8, 4) is 5.75 Å². The van der Waals surface area contributed by atoms with Gasteiger partial charge in [0.05, 0.1) is 0 Å². The summed E-state index contributed by atoms with van der Waals surface area (Å²) in [6.45, 7) is 0. The van der Waals surface area contributed by atoms with Gasteiger partial charge in [0.15, 0.2) is 11.9 Å². The van der Waals surface area contributed by atoms with E-state index in [0.29, 0.717) is 11.3 Å². The molecule has 3 rings (SSSR count). The van der Waals surface area contributed by atoms with Crippen molar-refractivity contribution in [3.63, 3.8) is 0 Å². The average Bonchev–Trinajstić information content (AvgIpc) is 2.50.